The number of benzene rings is 2. The Morgan fingerprint density at radius 2 is 1.63 bits per heavy atom. The van der Waals surface area contributed by atoms with Crippen molar-refractivity contribution in [3.05, 3.63) is 70.2 Å². The number of carbonyl (C=O) groups is 1. The first-order chi connectivity index (χ1) is 14.4. The van der Waals surface area contributed by atoms with E-state index in [4.69, 9.17) is 11.6 Å². The van der Waals surface area contributed by atoms with Crippen molar-refractivity contribution in [3.63, 3.8) is 0 Å². The summed E-state index contributed by atoms with van der Waals surface area (Å²) in [5.74, 6) is -0.101. The third kappa shape index (κ3) is 4.13. The molecule has 0 radical (unpaired) electrons. The molecule has 0 atom stereocenters. The zero-order chi connectivity index (χ0) is 21.3. The van der Waals surface area contributed by atoms with Crippen LogP contribution in [-0.4, -0.2) is 54.7 Å². The Labute approximate surface area is 184 Å². The summed E-state index contributed by atoms with van der Waals surface area (Å²) >= 11 is 7.23. The number of aryl methyl sites for hydroxylation is 1. The van der Waals surface area contributed by atoms with Crippen molar-refractivity contribution in [2.45, 2.75) is 11.8 Å². The molecule has 156 valence electrons. The summed E-state index contributed by atoms with van der Waals surface area (Å²) in [5, 5.41) is 1.29. The maximum Gasteiger partial charge on any atom is 0.265 e. The Morgan fingerprint density at radius 3 is 2.27 bits per heavy atom. The van der Waals surface area contributed by atoms with E-state index in [1.54, 1.807) is 17.0 Å². The van der Waals surface area contributed by atoms with Crippen LogP contribution in [0, 0.1) is 6.92 Å². The van der Waals surface area contributed by atoms with Crippen LogP contribution in [0.15, 0.2) is 59.5 Å². The first kappa shape index (κ1) is 21.0. The van der Waals surface area contributed by atoms with Crippen molar-refractivity contribution in [2.75, 3.05) is 26.2 Å². The van der Waals surface area contributed by atoms with Crippen LogP contribution in [-0.2, 0) is 10.0 Å². The van der Waals surface area contributed by atoms with Gasteiger partial charge in [0.05, 0.1) is 10.6 Å². The number of rotatable bonds is 4. The highest BCUT2D eigenvalue weighted by molar-refractivity contribution is 7.89. The average molecular weight is 462 g/mol. The molecule has 3 aromatic rings. The van der Waals surface area contributed by atoms with Crippen LogP contribution in [0.2, 0.25) is 5.02 Å². The van der Waals surface area contributed by atoms with E-state index < -0.39 is 10.0 Å². The van der Waals surface area contributed by atoms with Gasteiger partial charge in [0.15, 0.2) is 0 Å². The van der Waals surface area contributed by atoms with Gasteiger partial charge in [0.25, 0.3) is 5.91 Å². The summed E-state index contributed by atoms with van der Waals surface area (Å²) in [6.45, 7) is 3.00. The molecule has 2 aromatic carbocycles. The Bertz CT molecular complexity index is 1150. The molecule has 0 spiro atoms. The summed E-state index contributed by atoms with van der Waals surface area (Å²) in [4.78, 5) is 20.1. The summed E-state index contributed by atoms with van der Waals surface area (Å²) in [6, 6.07) is 15.9. The Hall–Kier alpha value is -2.26. The van der Waals surface area contributed by atoms with E-state index in [2.05, 4.69) is 4.98 Å². The largest absolute Gasteiger partial charge is 0.335 e. The number of hydrogen-bond donors (Lipinski definition) is 0. The third-order valence-corrected chi connectivity index (χ3v) is 8.35. The fraction of sp³-hybridized carbons (Fsp3) is 0.238. The van der Waals surface area contributed by atoms with Crippen LogP contribution in [0.3, 0.4) is 0 Å². The summed E-state index contributed by atoms with van der Waals surface area (Å²) in [6.07, 6.45) is 0. The van der Waals surface area contributed by atoms with Crippen molar-refractivity contribution in [1.82, 2.24) is 14.2 Å². The van der Waals surface area contributed by atoms with Gasteiger partial charge >= 0.3 is 0 Å². The molecule has 1 aliphatic rings. The van der Waals surface area contributed by atoms with Gasteiger partial charge in [0.1, 0.15) is 9.88 Å². The zero-order valence-electron chi connectivity index (χ0n) is 16.3. The second-order valence-corrected chi connectivity index (χ2v) is 10.3. The van der Waals surface area contributed by atoms with Crippen molar-refractivity contribution >= 4 is 38.9 Å². The molecule has 30 heavy (non-hydrogen) atoms. The Kier molecular flexibility index (Phi) is 5.92. The number of halogens is 1. The highest BCUT2D eigenvalue weighted by Gasteiger charge is 2.31. The zero-order valence-corrected chi connectivity index (χ0v) is 18.7. The van der Waals surface area contributed by atoms with Gasteiger partial charge in [-0.25, -0.2) is 13.4 Å². The van der Waals surface area contributed by atoms with Gasteiger partial charge in [-0.3, -0.25) is 4.79 Å². The monoisotopic (exact) mass is 461 g/mol. The molecule has 4 rings (SSSR count). The van der Waals surface area contributed by atoms with Crippen LogP contribution in [0.1, 0.15) is 15.4 Å². The lowest BCUT2D eigenvalue weighted by molar-refractivity contribution is 0.0702. The van der Waals surface area contributed by atoms with Gasteiger partial charge in [0, 0.05) is 36.8 Å². The lowest BCUT2D eigenvalue weighted by Gasteiger charge is -2.33. The molecule has 0 saturated carbocycles. The number of piperazine rings is 1. The smallest absolute Gasteiger partial charge is 0.265 e. The molecule has 1 saturated heterocycles. The molecule has 0 N–H and O–H groups in total. The molecule has 6 nitrogen and oxygen atoms in total. The molecular formula is C21H20ClN3O3S2. The fourth-order valence-corrected chi connectivity index (χ4v) is 5.92. The van der Waals surface area contributed by atoms with Gasteiger partial charge < -0.3 is 4.90 Å². The lowest BCUT2D eigenvalue weighted by atomic mass is 10.2. The second kappa shape index (κ2) is 8.47. The van der Waals surface area contributed by atoms with E-state index in [0.29, 0.717) is 28.7 Å². The molecule has 0 bridgehead atoms. The Balaban J connectivity index is 1.46. The predicted molar refractivity (Wildman–Crippen MR) is 118 cm³/mol. The van der Waals surface area contributed by atoms with Crippen LogP contribution in [0.4, 0.5) is 0 Å². The molecule has 2 heterocycles. The number of amides is 1. The standard InChI is InChI=1S/C21H20ClN3O3S2/c1-15-19(29-20(23-15)16-5-3-2-4-6-16)21(26)24-11-13-25(14-12-24)30(27,28)18-9-7-17(22)8-10-18/h2-10H,11-14H2,1H3. The highest BCUT2D eigenvalue weighted by atomic mass is 35.5. The maximum atomic E-state index is 13.0. The van der Waals surface area contributed by atoms with Gasteiger partial charge in [0.2, 0.25) is 10.0 Å². The van der Waals surface area contributed by atoms with E-state index in [1.165, 1.54) is 27.8 Å². The normalized spacial score (nSPS) is 15.3. The summed E-state index contributed by atoms with van der Waals surface area (Å²) < 4.78 is 27.1. The topological polar surface area (TPSA) is 70.6 Å². The Morgan fingerprint density at radius 1 is 1.00 bits per heavy atom. The summed E-state index contributed by atoms with van der Waals surface area (Å²) in [7, 11) is -3.61. The number of thiazole rings is 1. The molecule has 1 aromatic heterocycles. The van der Waals surface area contributed by atoms with Gasteiger partial charge in [-0.15, -0.1) is 11.3 Å². The minimum Gasteiger partial charge on any atom is -0.335 e. The van der Waals surface area contributed by atoms with E-state index in [1.807, 2.05) is 37.3 Å². The molecule has 0 unspecified atom stereocenters. The number of carbonyl (C=O) groups excluding carboxylic acids is 1. The van der Waals surface area contributed by atoms with Crippen LogP contribution >= 0.6 is 22.9 Å². The number of hydrogen-bond acceptors (Lipinski definition) is 5. The van der Waals surface area contributed by atoms with Crippen molar-refractivity contribution in [1.29, 1.82) is 0 Å². The average Bonchev–Trinajstić information content (AvgIpc) is 3.16. The molecule has 1 fully saturated rings. The number of aromatic nitrogens is 1. The SMILES string of the molecule is Cc1nc(-c2ccccc2)sc1C(=O)N1CCN(S(=O)(=O)c2ccc(Cl)cc2)CC1. The fourth-order valence-electron chi connectivity index (χ4n) is 3.33. The van der Waals surface area contributed by atoms with Crippen LogP contribution in [0.25, 0.3) is 10.6 Å². The van der Waals surface area contributed by atoms with E-state index in [9.17, 15) is 13.2 Å². The molecule has 9 heteroatoms. The molecule has 0 aliphatic carbocycles. The van der Waals surface area contributed by atoms with Crippen LogP contribution < -0.4 is 0 Å². The summed E-state index contributed by atoms with van der Waals surface area (Å²) in [5.41, 5.74) is 1.67. The first-order valence-corrected chi connectivity index (χ1v) is 12.1. The van der Waals surface area contributed by atoms with E-state index in [0.717, 1.165) is 10.6 Å². The van der Waals surface area contributed by atoms with Crippen molar-refractivity contribution < 1.29 is 13.2 Å². The van der Waals surface area contributed by atoms with Crippen LogP contribution in [0.5, 0.6) is 0 Å². The highest BCUT2D eigenvalue weighted by Crippen LogP contribution is 2.29. The predicted octanol–water partition coefficient (Wildman–Crippen LogP) is 3.92. The molecule has 1 aliphatic heterocycles. The molecular weight excluding hydrogens is 442 g/mol. The minimum absolute atomic E-state index is 0.101. The number of nitrogens with zero attached hydrogens (tertiary/aromatic N) is 3. The van der Waals surface area contributed by atoms with E-state index in [-0.39, 0.29) is 23.9 Å². The van der Waals surface area contributed by atoms with Gasteiger partial charge in [-0.05, 0) is 31.2 Å². The number of sulfonamides is 1. The van der Waals surface area contributed by atoms with Crippen molar-refractivity contribution in [3.8, 4) is 10.6 Å². The minimum atomic E-state index is -3.61. The van der Waals surface area contributed by atoms with E-state index >= 15 is 0 Å². The quantitative estimate of drug-likeness (QED) is 0.590. The van der Waals surface area contributed by atoms with Crippen molar-refractivity contribution in [2.24, 2.45) is 0 Å². The third-order valence-electron chi connectivity index (χ3n) is 4.99. The first-order valence-electron chi connectivity index (χ1n) is 9.44. The maximum absolute atomic E-state index is 13.0. The second-order valence-electron chi connectivity index (χ2n) is 6.95. The van der Waals surface area contributed by atoms with Gasteiger partial charge in [-0.2, -0.15) is 4.31 Å². The lowest BCUT2D eigenvalue weighted by Crippen LogP contribution is -2.50. The molecule has 1 amide bonds. The van der Waals surface area contributed by atoms with Gasteiger partial charge in [-0.1, -0.05) is 41.9 Å².